The first-order valence-corrected chi connectivity index (χ1v) is 9.56. The zero-order chi connectivity index (χ0) is 19.0. The fraction of sp³-hybridized carbons (Fsp3) is 0.143. The van der Waals surface area contributed by atoms with Gasteiger partial charge in [0.15, 0.2) is 5.16 Å². The van der Waals surface area contributed by atoms with Crippen molar-refractivity contribution in [3.05, 3.63) is 87.6 Å². The summed E-state index contributed by atoms with van der Waals surface area (Å²) < 4.78 is 14.9. The quantitative estimate of drug-likeness (QED) is 0.411. The topological polar surface area (TPSA) is 50.7 Å². The highest BCUT2D eigenvalue weighted by Crippen LogP contribution is 2.25. The van der Waals surface area contributed by atoms with Crippen molar-refractivity contribution in [2.24, 2.45) is 0 Å². The SMILES string of the molecule is Cc1ccc(CSc2nc3cc(C)[nH]c3c(=O)n2-c2ccc(F)cc2)cc1. The van der Waals surface area contributed by atoms with Gasteiger partial charge in [-0.25, -0.2) is 9.37 Å². The summed E-state index contributed by atoms with van der Waals surface area (Å²) in [5, 5.41) is 0.582. The van der Waals surface area contributed by atoms with Crippen LogP contribution < -0.4 is 5.56 Å². The van der Waals surface area contributed by atoms with E-state index in [0.29, 0.717) is 27.6 Å². The van der Waals surface area contributed by atoms with Crippen molar-refractivity contribution in [2.75, 3.05) is 0 Å². The van der Waals surface area contributed by atoms with Crippen molar-refractivity contribution in [3.63, 3.8) is 0 Å². The minimum absolute atomic E-state index is 0.189. The van der Waals surface area contributed by atoms with E-state index in [0.717, 1.165) is 11.3 Å². The van der Waals surface area contributed by atoms with Crippen LogP contribution in [-0.2, 0) is 5.75 Å². The van der Waals surface area contributed by atoms with Crippen LogP contribution >= 0.6 is 11.8 Å². The first-order chi connectivity index (χ1) is 13.0. The maximum atomic E-state index is 13.3. The predicted octanol–water partition coefficient (Wildman–Crippen LogP) is 4.76. The highest BCUT2D eigenvalue weighted by molar-refractivity contribution is 7.98. The molecule has 0 radical (unpaired) electrons. The number of nitrogens with zero attached hydrogens (tertiary/aromatic N) is 2. The van der Waals surface area contributed by atoms with E-state index in [2.05, 4.69) is 34.2 Å². The Labute approximate surface area is 160 Å². The Bertz CT molecular complexity index is 1160. The summed E-state index contributed by atoms with van der Waals surface area (Å²) in [5.74, 6) is 0.341. The molecule has 27 heavy (non-hydrogen) atoms. The Balaban J connectivity index is 1.81. The molecule has 0 saturated carbocycles. The number of aryl methyl sites for hydroxylation is 2. The molecule has 0 bridgehead atoms. The molecule has 0 aliphatic carbocycles. The van der Waals surface area contributed by atoms with Gasteiger partial charge in [-0.2, -0.15) is 0 Å². The number of aromatic amines is 1. The average molecular weight is 379 g/mol. The number of aromatic nitrogens is 3. The zero-order valence-electron chi connectivity index (χ0n) is 15.0. The van der Waals surface area contributed by atoms with Crippen LogP contribution in [0.1, 0.15) is 16.8 Å². The van der Waals surface area contributed by atoms with Crippen molar-refractivity contribution in [2.45, 2.75) is 24.8 Å². The molecule has 136 valence electrons. The normalized spacial score (nSPS) is 11.2. The van der Waals surface area contributed by atoms with Crippen LogP contribution in [0.25, 0.3) is 16.7 Å². The van der Waals surface area contributed by atoms with E-state index in [1.54, 1.807) is 12.1 Å². The highest BCUT2D eigenvalue weighted by Gasteiger charge is 2.15. The van der Waals surface area contributed by atoms with Gasteiger partial charge in [-0.15, -0.1) is 0 Å². The number of fused-ring (bicyclic) bond motifs is 1. The lowest BCUT2D eigenvalue weighted by Crippen LogP contribution is -2.21. The van der Waals surface area contributed by atoms with Gasteiger partial charge < -0.3 is 4.98 Å². The van der Waals surface area contributed by atoms with E-state index < -0.39 is 0 Å². The fourth-order valence-corrected chi connectivity index (χ4v) is 3.89. The molecule has 1 N–H and O–H groups in total. The van der Waals surface area contributed by atoms with E-state index >= 15 is 0 Å². The summed E-state index contributed by atoms with van der Waals surface area (Å²) in [7, 11) is 0. The smallest absolute Gasteiger partial charge is 0.283 e. The van der Waals surface area contributed by atoms with Gasteiger partial charge in [0.1, 0.15) is 11.3 Å². The molecule has 0 saturated heterocycles. The average Bonchev–Trinajstić information content (AvgIpc) is 3.03. The number of H-pyrrole nitrogens is 1. The lowest BCUT2D eigenvalue weighted by molar-refractivity contribution is 0.627. The Kier molecular flexibility index (Phi) is 4.58. The van der Waals surface area contributed by atoms with Crippen molar-refractivity contribution < 1.29 is 4.39 Å². The van der Waals surface area contributed by atoms with Gasteiger partial charge >= 0.3 is 0 Å². The molecule has 0 aliphatic heterocycles. The molecular weight excluding hydrogens is 361 g/mol. The number of hydrogen-bond acceptors (Lipinski definition) is 3. The molecule has 6 heteroatoms. The van der Waals surface area contributed by atoms with E-state index in [9.17, 15) is 9.18 Å². The number of rotatable bonds is 4. The van der Waals surface area contributed by atoms with Crippen LogP contribution in [0.4, 0.5) is 4.39 Å². The second-order valence-corrected chi connectivity index (χ2v) is 7.44. The number of benzene rings is 2. The molecule has 0 spiro atoms. The zero-order valence-corrected chi connectivity index (χ0v) is 15.8. The van der Waals surface area contributed by atoms with Crippen LogP contribution in [0.15, 0.2) is 64.5 Å². The van der Waals surface area contributed by atoms with Gasteiger partial charge in [-0.1, -0.05) is 41.6 Å². The van der Waals surface area contributed by atoms with Crippen molar-refractivity contribution >= 4 is 22.8 Å². The molecule has 2 aromatic heterocycles. The van der Waals surface area contributed by atoms with E-state index in [1.807, 2.05) is 19.9 Å². The standard InChI is InChI=1S/C21H18FN3OS/c1-13-3-5-15(6-4-13)12-27-21-24-18-11-14(2)23-19(18)20(26)25(21)17-9-7-16(22)8-10-17/h3-11,23H,12H2,1-2H3. The molecule has 0 fully saturated rings. The third-order valence-electron chi connectivity index (χ3n) is 4.33. The summed E-state index contributed by atoms with van der Waals surface area (Å²) in [4.78, 5) is 20.9. The van der Waals surface area contributed by atoms with E-state index in [1.165, 1.54) is 34.0 Å². The van der Waals surface area contributed by atoms with Gasteiger partial charge in [0.25, 0.3) is 5.56 Å². The third-order valence-corrected chi connectivity index (χ3v) is 5.34. The Morgan fingerprint density at radius 1 is 1.07 bits per heavy atom. The van der Waals surface area contributed by atoms with Crippen molar-refractivity contribution in [1.29, 1.82) is 0 Å². The van der Waals surface area contributed by atoms with E-state index in [4.69, 9.17) is 0 Å². The molecule has 0 unspecified atom stereocenters. The first kappa shape index (κ1) is 17.5. The summed E-state index contributed by atoms with van der Waals surface area (Å²) in [6.45, 7) is 3.94. The summed E-state index contributed by atoms with van der Waals surface area (Å²) in [6, 6.07) is 16.0. The Morgan fingerprint density at radius 3 is 2.48 bits per heavy atom. The molecule has 0 aliphatic rings. The third kappa shape index (κ3) is 3.53. The first-order valence-electron chi connectivity index (χ1n) is 8.58. The van der Waals surface area contributed by atoms with Gasteiger partial charge in [0, 0.05) is 11.4 Å². The minimum Gasteiger partial charge on any atom is -0.353 e. The van der Waals surface area contributed by atoms with Crippen LogP contribution in [0.5, 0.6) is 0 Å². The molecule has 2 heterocycles. The van der Waals surface area contributed by atoms with E-state index in [-0.39, 0.29) is 11.4 Å². The lowest BCUT2D eigenvalue weighted by Gasteiger charge is -2.12. The predicted molar refractivity (Wildman–Crippen MR) is 107 cm³/mol. The van der Waals surface area contributed by atoms with Crippen molar-refractivity contribution in [3.8, 4) is 5.69 Å². The Morgan fingerprint density at radius 2 is 1.78 bits per heavy atom. The summed E-state index contributed by atoms with van der Waals surface area (Å²) >= 11 is 1.49. The molecule has 4 nitrogen and oxygen atoms in total. The van der Waals surface area contributed by atoms with Crippen LogP contribution in [0.2, 0.25) is 0 Å². The van der Waals surface area contributed by atoms with Crippen LogP contribution in [0, 0.1) is 19.7 Å². The van der Waals surface area contributed by atoms with Gasteiger partial charge in [-0.05, 0) is 49.7 Å². The van der Waals surface area contributed by atoms with Crippen LogP contribution in [-0.4, -0.2) is 14.5 Å². The molecule has 2 aromatic carbocycles. The van der Waals surface area contributed by atoms with Gasteiger partial charge in [-0.3, -0.25) is 9.36 Å². The second kappa shape index (κ2) is 7.04. The number of halogens is 1. The summed E-state index contributed by atoms with van der Waals surface area (Å²) in [6.07, 6.45) is 0. The number of hydrogen-bond donors (Lipinski definition) is 1. The second-order valence-electron chi connectivity index (χ2n) is 6.50. The lowest BCUT2D eigenvalue weighted by atomic mass is 10.2. The maximum absolute atomic E-state index is 13.3. The molecule has 0 atom stereocenters. The largest absolute Gasteiger partial charge is 0.353 e. The highest BCUT2D eigenvalue weighted by atomic mass is 32.2. The maximum Gasteiger partial charge on any atom is 0.283 e. The molecule has 4 aromatic rings. The van der Waals surface area contributed by atoms with Crippen LogP contribution in [0.3, 0.4) is 0 Å². The number of nitrogens with one attached hydrogen (secondary N) is 1. The summed E-state index contributed by atoms with van der Waals surface area (Å²) in [5.41, 5.74) is 4.73. The number of thioether (sulfide) groups is 1. The van der Waals surface area contributed by atoms with Gasteiger partial charge in [0.2, 0.25) is 0 Å². The Hall–Kier alpha value is -2.86. The minimum atomic E-state index is -0.342. The molecular formula is C21H18FN3OS. The fourth-order valence-electron chi connectivity index (χ4n) is 2.92. The molecule has 4 rings (SSSR count). The van der Waals surface area contributed by atoms with Gasteiger partial charge in [0.05, 0.1) is 11.2 Å². The monoisotopic (exact) mass is 379 g/mol. The molecule has 0 amide bonds. The van der Waals surface area contributed by atoms with Crippen molar-refractivity contribution in [1.82, 2.24) is 14.5 Å².